The zero-order valence-electron chi connectivity index (χ0n) is 11.9. The summed E-state index contributed by atoms with van der Waals surface area (Å²) in [5.74, 6) is 0.882. The molecular formula is C17H20BrNO. The molecule has 1 unspecified atom stereocenters. The summed E-state index contributed by atoms with van der Waals surface area (Å²) in [4.78, 5) is 0. The number of halogens is 1. The number of methoxy groups -OCH3 is 1. The van der Waals surface area contributed by atoms with Crippen LogP contribution in [0.25, 0.3) is 0 Å². The molecule has 0 heterocycles. The van der Waals surface area contributed by atoms with E-state index < -0.39 is 0 Å². The van der Waals surface area contributed by atoms with Crippen LogP contribution >= 0.6 is 15.9 Å². The molecule has 0 saturated heterocycles. The number of hydrogen-bond acceptors (Lipinski definition) is 2. The van der Waals surface area contributed by atoms with Crippen molar-refractivity contribution in [1.82, 2.24) is 0 Å². The van der Waals surface area contributed by atoms with Gasteiger partial charge in [-0.15, -0.1) is 0 Å². The van der Waals surface area contributed by atoms with Gasteiger partial charge < -0.3 is 10.5 Å². The molecule has 0 bridgehead atoms. The monoisotopic (exact) mass is 333 g/mol. The molecule has 0 fully saturated rings. The highest BCUT2D eigenvalue weighted by atomic mass is 79.9. The summed E-state index contributed by atoms with van der Waals surface area (Å²) in [6.07, 6.45) is 1.61. The number of rotatable bonds is 5. The van der Waals surface area contributed by atoms with Gasteiger partial charge in [0.25, 0.3) is 0 Å². The van der Waals surface area contributed by atoms with E-state index in [0.717, 1.165) is 34.2 Å². The van der Waals surface area contributed by atoms with Gasteiger partial charge in [0.2, 0.25) is 0 Å². The molecule has 0 saturated carbocycles. The highest BCUT2D eigenvalue weighted by Crippen LogP contribution is 2.32. The standard InChI is InChI=1S/C17H20BrNO/c1-3-17(19,14-7-5-4-6-8-14)12-13-11-15(18)9-10-16(13)20-2/h4-11H,3,12,19H2,1-2H3. The molecular weight excluding hydrogens is 314 g/mol. The third-order valence-corrected chi connectivity index (χ3v) is 4.22. The van der Waals surface area contributed by atoms with Gasteiger partial charge >= 0.3 is 0 Å². The lowest BCUT2D eigenvalue weighted by Crippen LogP contribution is -2.38. The fraction of sp³-hybridized carbons (Fsp3) is 0.294. The van der Waals surface area contributed by atoms with Gasteiger partial charge in [0.1, 0.15) is 5.75 Å². The van der Waals surface area contributed by atoms with Gasteiger partial charge in [-0.2, -0.15) is 0 Å². The van der Waals surface area contributed by atoms with E-state index >= 15 is 0 Å². The molecule has 0 aliphatic carbocycles. The number of nitrogens with two attached hydrogens (primary N) is 1. The van der Waals surface area contributed by atoms with Crippen molar-refractivity contribution in [2.24, 2.45) is 5.73 Å². The van der Waals surface area contributed by atoms with E-state index in [-0.39, 0.29) is 5.54 Å². The Balaban J connectivity index is 2.38. The maximum absolute atomic E-state index is 6.65. The normalized spacial score (nSPS) is 13.8. The average molecular weight is 334 g/mol. The predicted octanol–water partition coefficient (Wildman–Crippen LogP) is 4.26. The van der Waals surface area contributed by atoms with Crippen LogP contribution in [-0.2, 0) is 12.0 Å². The van der Waals surface area contributed by atoms with Crippen molar-refractivity contribution in [2.75, 3.05) is 7.11 Å². The lowest BCUT2D eigenvalue weighted by atomic mass is 9.82. The van der Waals surface area contributed by atoms with Gasteiger partial charge in [-0.1, -0.05) is 53.2 Å². The molecule has 0 amide bonds. The average Bonchev–Trinajstić information content (AvgIpc) is 2.48. The number of ether oxygens (including phenoxy) is 1. The third-order valence-electron chi connectivity index (χ3n) is 3.73. The minimum atomic E-state index is -0.380. The van der Waals surface area contributed by atoms with Gasteiger partial charge in [-0.05, 0) is 42.2 Å². The van der Waals surface area contributed by atoms with Crippen molar-refractivity contribution < 1.29 is 4.74 Å². The molecule has 2 aromatic carbocycles. The minimum Gasteiger partial charge on any atom is -0.496 e. The van der Waals surface area contributed by atoms with Crippen LogP contribution in [0.1, 0.15) is 24.5 Å². The molecule has 0 aliphatic rings. The van der Waals surface area contributed by atoms with Crippen molar-refractivity contribution in [3.63, 3.8) is 0 Å². The number of benzene rings is 2. The smallest absolute Gasteiger partial charge is 0.122 e. The van der Waals surface area contributed by atoms with Gasteiger partial charge in [-0.3, -0.25) is 0 Å². The summed E-state index contributed by atoms with van der Waals surface area (Å²) >= 11 is 3.51. The van der Waals surface area contributed by atoms with Crippen LogP contribution in [0.4, 0.5) is 0 Å². The van der Waals surface area contributed by atoms with Crippen LogP contribution < -0.4 is 10.5 Å². The predicted molar refractivity (Wildman–Crippen MR) is 87.0 cm³/mol. The quantitative estimate of drug-likeness (QED) is 0.886. The van der Waals surface area contributed by atoms with Crippen molar-refractivity contribution in [1.29, 1.82) is 0 Å². The van der Waals surface area contributed by atoms with Crippen LogP contribution in [-0.4, -0.2) is 7.11 Å². The third kappa shape index (κ3) is 3.22. The largest absolute Gasteiger partial charge is 0.496 e. The second-order valence-electron chi connectivity index (χ2n) is 5.01. The Labute approximate surface area is 129 Å². The molecule has 0 aromatic heterocycles. The molecule has 0 spiro atoms. The number of hydrogen-bond donors (Lipinski definition) is 1. The van der Waals surface area contributed by atoms with E-state index in [4.69, 9.17) is 10.5 Å². The second kappa shape index (κ2) is 6.42. The van der Waals surface area contributed by atoms with Crippen molar-refractivity contribution in [2.45, 2.75) is 25.3 Å². The lowest BCUT2D eigenvalue weighted by molar-refractivity contribution is 0.386. The fourth-order valence-corrected chi connectivity index (χ4v) is 2.83. The van der Waals surface area contributed by atoms with E-state index in [0.29, 0.717) is 0 Å². The van der Waals surface area contributed by atoms with Crippen LogP contribution in [0.3, 0.4) is 0 Å². The molecule has 2 N–H and O–H groups in total. The van der Waals surface area contributed by atoms with Gasteiger partial charge in [0.05, 0.1) is 7.11 Å². The first-order valence-electron chi connectivity index (χ1n) is 6.76. The van der Waals surface area contributed by atoms with E-state index in [9.17, 15) is 0 Å². The Morgan fingerprint density at radius 1 is 1.15 bits per heavy atom. The second-order valence-corrected chi connectivity index (χ2v) is 5.92. The SMILES string of the molecule is CCC(N)(Cc1cc(Br)ccc1OC)c1ccccc1. The molecule has 106 valence electrons. The summed E-state index contributed by atoms with van der Waals surface area (Å²) in [5.41, 5.74) is 8.55. The molecule has 1 atom stereocenters. The molecule has 0 aliphatic heterocycles. The van der Waals surface area contributed by atoms with Crippen LogP contribution in [0.2, 0.25) is 0 Å². The van der Waals surface area contributed by atoms with Crippen LogP contribution in [0.5, 0.6) is 5.75 Å². The van der Waals surface area contributed by atoms with E-state index in [1.807, 2.05) is 30.3 Å². The molecule has 2 nitrogen and oxygen atoms in total. The Bertz CT molecular complexity index is 570. The first-order chi connectivity index (χ1) is 9.59. The lowest BCUT2D eigenvalue weighted by Gasteiger charge is -2.29. The van der Waals surface area contributed by atoms with Gasteiger partial charge in [0, 0.05) is 10.0 Å². The highest BCUT2D eigenvalue weighted by Gasteiger charge is 2.26. The zero-order chi connectivity index (χ0) is 14.6. The minimum absolute atomic E-state index is 0.380. The maximum Gasteiger partial charge on any atom is 0.122 e. The highest BCUT2D eigenvalue weighted by molar-refractivity contribution is 9.10. The summed E-state index contributed by atoms with van der Waals surface area (Å²) in [5, 5.41) is 0. The molecule has 0 radical (unpaired) electrons. The van der Waals surface area contributed by atoms with Gasteiger partial charge in [0.15, 0.2) is 0 Å². The van der Waals surface area contributed by atoms with Crippen molar-refractivity contribution in [3.05, 3.63) is 64.1 Å². The first kappa shape index (κ1) is 15.1. The van der Waals surface area contributed by atoms with E-state index in [2.05, 4.69) is 41.1 Å². The van der Waals surface area contributed by atoms with E-state index in [1.165, 1.54) is 0 Å². The molecule has 20 heavy (non-hydrogen) atoms. The summed E-state index contributed by atoms with van der Waals surface area (Å²) < 4.78 is 6.49. The molecule has 2 rings (SSSR count). The Hall–Kier alpha value is -1.32. The topological polar surface area (TPSA) is 35.2 Å². The molecule has 2 aromatic rings. The Morgan fingerprint density at radius 2 is 1.85 bits per heavy atom. The summed E-state index contributed by atoms with van der Waals surface area (Å²) in [6.45, 7) is 2.12. The van der Waals surface area contributed by atoms with Crippen LogP contribution in [0.15, 0.2) is 53.0 Å². The Morgan fingerprint density at radius 3 is 2.45 bits per heavy atom. The Kier molecular flexibility index (Phi) is 4.84. The van der Waals surface area contributed by atoms with E-state index in [1.54, 1.807) is 7.11 Å². The van der Waals surface area contributed by atoms with Gasteiger partial charge in [-0.25, -0.2) is 0 Å². The van der Waals surface area contributed by atoms with Crippen molar-refractivity contribution >= 4 is 15.9 Å². The first-order valence-corrected chi connectivity index (χ1v) is 7.55. The zero-order valence-corrected chi connectivity index (χ0v) is 13.5. The van der Waals surface area contributed by atoms with Crippen molar-refractivity contribution in [3.8, 4) is 5.75 Å². The maximum atomic E-state index is 6.65. The summed E-state index contributed by atoms with van der Waals surface area (Å²) in [6, 6.07) is 16.3. The van der Waals surface area contributed by atoms with Crippen LogP contribution in [0, 0.1) is 0 Å². The summed E-state index contributed by atoms with van der Waals surface area (Å²) in [7, 11) is 1.69. The molecule has 3 heteroatoms. The fourth-order valence-electron chi connectivity index (χ4n) is 2.43.